The van der Waals surface area contributed by atoms with E-state index in [9.17, 15) is 4.79 Å². The van der Waals surface area contributed by atoms with E-state index in [0.29, 0.717) is 23.5 Å². The smallest absolute Gasteiger partial charge is 0.278 e. The number of imidazole rings is 1. The lowest BCUT2D eigenvalue weighted by atomic mass is 10.1. The third-order valence-electron chi connectivity index (χ3n) is 2.71. The van der Waals surface area contributed by atoms with Crippen molar-refractivity contribution in [2.75, 3.05) is 3.53 Å². The van der Waals surface area contributed by atoms with E-state index in [-0.39, 0.29) is 5.56 Å². The maximum absolute atomic E-state index is 11.8. The summed E-state index contributed by atoms with van der Waals surface area (Å²) >= 11 is 1.91. The Balaban J connectivity index is 2.02. The molecular weight excluding hydrogens is 357 g/mol. The second-order valence-electron chi connectivity index (χ2n) is 4.05. The topological polar surface area (TPSA) is 86.5 Å². The van der Waals surface area contributed by atoms with E-state index in [1.54, 1.807) is 0 Å². The monoisotopic (exact) mass is 367 g/mol. The first-order valence-corrected chi connectivity index (χ1v) is 6.73. The molecule has 3 aromatic rings. The molecule has 6 nitrogen and oxygen atoms in total. The molecule has 0 aliphatic carbocycles. The van der Waals surface area contributed by atoms with E-state index in [0.717, 1.165) is 11.4 Å². The van der Waals surface area contributed by atoms with Gasteiger partial charge < -0.3 is 4.98 Å². The molecule has 0 spiro atoms. The molecule has 2 aromatic heterocycles. The standard InChI is InChI=1S/C12H10IN5O/c13-18-12-16-10-9(11(19)17-12)14-8(15-10)6-7-4-2-1-3-5-7/h1-5H,6H2,(H3,14,15,16,17,18,19). The minimum absolute atomic E-state index is 0.226. The number of nitrogens with one attached hydrogen (secondary N) is 3. The van der Waals surface area contributed by atoms with Crippen LogP contribution in [0.3, 0.4) is 0 Å². The van der Waals surface area contributed by atoms with Crippen molar-refractivity contribution >= 4 is 40.0 Å². The van der Waals surface area contributed by atoms with Crippen molar-refractivity contribution in [3.8, 4) is 0 Å². The number of hydrogen-bond acceptors (Lipinski definition) is 4. The number of anilines is 1. The van der Waals surface area contributed by atoms with E-state index in [4.69, 9.17) is 0 Å². The van der Waals surface area contributed by atoms with Crippen LogP contribution in [0.15, 0.2) is 35.1 Å². The molecule has 0 bridgehead atoms. The van der Waals surface area contributed by atoms with E-state index in [2.05, 4.69) is 23.5 Å². The van der Waals surface area contributed by atoms with Gasteiger partial charge in [-0.05, 0) is 5.56 Å². The van der Waals surface area contributed by atoms with Crippen molar-refractivity contribution in [3.63, 3.8) is 0 Å². The Morgan fingerprint density at radius 1 is 1.16 bits per heavy atom. The molecule has 0 fully saturated rings. The van der Waals surface area contributed by atoms with Crippen molar-refractivity contribution in [1.82, 2.24) is 19.9 Å². The van der Waals surface area contributed by atoms with Crippen LogP contribution in [0.4, 0.5) is 5.95 Å². The van der Waals surface area contributed by atoms with Gasteiger partial charge in [0.25, 0.3) is 5.56 Å². The average Bonchev–Trinajstić information content (AvgIpc) is 2.83. The number of fused-ring (bicyclic) bond motifs is 1. The van der Waals surface area contributed by atoms with Gasteiger partial charge in [-0.1, -0.05) is 30.3 Å². The predicted octanol–water partition coefficient (Wildman–Crippen LogP) is 2.00. The quantitative estimate of drug-likeness (QED) is 0.488. The van der Waals surface area contributed by atoms with Gasteiger partial charge in [0, 0.05) is 6.42 Å². The molecule has 3 rings (SSSR count). The van der Waals surface area contributed by atoms with Gasteiger partial charge in [0.2, 0.25) is 5.95 Å². The fourth-order valence-corrected chi connectivity index (χ4v) is 2.13. The van der Waals surface area contributed by atoms with Crippen LogP contribution >= 0.6 is 22.9 Å². The summed E-state index contributed by atoms with van der Waals surface area (Å²) in [4.78, 5) is 26.0. The minimum Gasteiger partial charge on any atom is -0.336 e. The lowest BCUT2D eigenvalue weighted by molar-refractivity contribution is 1.03. The number of H-pyrrole nitrogens is 2. The highest BCUT2D eigenvalue weighted by molar-refractivity contribution is 14.1. The first-order chi connectivity index (χ1) is 9.26. The Kier molecular flexibility index (Phi) is 3.20. The van der Waals surface area contributed by atoms with Gasteiger partial charge in [-0.15, -0.1) is 0 Å². The molecule has 96 valence electrons. The Labute approximate surface area is 122 Å². The summed E-state index contributed by atoms with van der Waals surface area (Å²) in [6.07, 6.45) is 0.642. The molecule has 0 aliphatic rings. The summed E-state index contributed by atoms with van der Waals surface area (Å²) in [5, 5.41) is 0. The summed E-state index contributed by atoms with van der Waals surface area (Å²) < 4.78 is 2.77. The number of nitrogens with zero attached hydrogens (tertiary/aromatic N) is 2. The maximum Gasteiger partial charge on any atom is 0.278 e. The van der Waals surface area contributed by atoms with Crippen LogP contribution in [0.25, 0.3) is 11.2 Å². The van der Waals surface area contributed by atoms with Crippen molar-refractivity contribution < 1.29 is 0 Å². The highest BCUT2D eigenvalue weighted by Crippen LogP contribution is 2.11. The van der Waals surface area contributed by atoms with Crippen LogP contribution in [0, 0.1) is 0 Å². The fraction of sp³-hybridized carbons (Fsp3) is 0.0833. The van der Waals surface area contributed by atoms with Gasteiger partial charge in [0.05, 0.1) is 22.9 Å². The van der Waals surface area contributed by atoms with Crippen LogP contribution < -0.4 is 9.09 Å². The molecule has 7 heteroatoms. The molecule has 0 amide bonds. The molecule has 3 N–H and O–H groups in total. The summed E-state index contributed by atoms with van der Waals surface area (Å²) in [5.74, 6) is 1.13. The van der Waals surface area contributed by atoms with E-state index < -0.39 is 0 Å². The fourth-order valence-electron chi connectivity index (χ4n) is 1.87. The summed E-state index contributed by atoms with van der Waals surface area (Å²) in [5.41, 5.74) is 1.73. The number of aromatic nitrogens is 4. The molecular formula is C12H10IN5O. The lowest BCUT2D eigenvalue weighted by Gasteiger charge is -1.95. The summed E-state index contributed by atoms with van der Waals surface area (Å²) in [6.45, 7) is 0. The van der Waals surface area contributed by atoms with Gasteiger partial charge in [-0.3, -0.25) is 13.3 Å². The molecule has 0 unspecified atom stereocenters. The SMILES string of the molecule is O=c1[nH]c(NI)nc2nc(Cc3ccccc3)[nH]c12. The normalized spacial score (nSPS) is 10.8. The Hall–Kier alpha value is -1.90. The van der Waals surface area contributed by atoms with Crippen LogP contribution in [-0.2, 0) is 6.42 Å². The summed E-state index contributed by atoms with van der Waals surface area (Å²) in [6, 6.07) is 9.94. The predicted molar refractivity (Wildman–Crippen MR) is 81.4 cm³/mol. The van der Waals surface area contributed by atoms with Gasteiger partial charge >= 0.3 is 0 Å². The number of hydrogen-bond donors (Lipinski definition) is 3. The average molecular weight is 367 g/mol. The minimum atomic E-state index is -0.226. The van der Waals surface area contributed by atoms with Crippen molar-refractivity contribution in [2.24, 2.45) is 0 Å². The van der Waals surface area contributed by atoms with E-state index in [1.807, 2.05) is 53.2 Å². The molecule has 1 aromatic carbocycles. The third kappa shape index (κ3) is 2.46. The highest BCUT2D eigenvalue weighted by Gasteiger charge is 2.09. The summed E-state index contributed by atoms with van der Waals surface area (Å²) in [7, 11) is 0. The number of aromatic amines is 2. The highest BCUT2D eigenvalue weighted by atomic mass is 127. The number of benzene rings is 1. The van der Waals surface area contributed by atoms with Crippen LogP contribution in [0.2, 0.25) is 0 Å². The largest absolute Gasteiger partial charge is 0.336 e. The first kappa shape index (κ1) is 12.2. The van der Waals surface area contributed by atoms with Crippen LogP contribution in [0.5, 0.6) is 0 Å². The van der Waals surface area contributed by atoms with Gasteiger partial charge in [-0.2, -0.15) is 4.98 Å². The maximum atomic E-state index is 11.8. The van der Waals surface area contributed by atoms with Crippen LogP contribution in [-0.4, -0.2) is 19.9 Å². The van der Waals surface area contributed by atoms with E-state index >= 15 is 0 Å². The Morgan fingerprint density at radius 3 is 2.68 bits per heavy atom. The number of rotatable bonds is 3. The van der Waals surface area contributed by atoms with Gasteiger partial charge in [0.1, 0.15) is 5.82 Å². The van der Waals surface area contributed by atoms with Crippen molar-refractivity contribution in [3.05, 3.63) is 52.1 Å². The first-order valence-electron chi connectivity index (χ1n) is 5.66. The second-order valence-corrected chi connectivity index (χ2v) is 4.59. The zero-order chi connectivity index (χ0) is 13.2. The van der Waals surface area contributed by atoms with Crippen molar-refractivity contribution in [2.45, 2.75) is 6.42 Å². The third-order valence-corrected chi connectivity index (χ3v) is 3.23. The molecule has 0 atom stereocenters. The molecule has 2 heterocycles. The van der Waals surface area contributed by atoms with E-state index in [1.165, 1.54) is 0 Å². The Bertz CT molecular complexity index is 765. The second kappa shape index (κ2) is 5.00. The van der Waals surface area contributed by atoms with Crippen molar-refractivity contribution in [1.29, 1.82) is 0 Å². The zero-order valence-electron chi connectivity index (χ0n) is 9.77. The molecule has 0 aliphatic heterocycles. The lowest BCUT2D eigenvalue weighted by Crippen LogP contribution is -2.09. The van der Waals surface area contributed by atoms with Gasteiger partial charge in [0.15, 0.2) is 11.2 Å². The number of halogens is 1. The molecule has 19 heavy (non-hydrogen) atoms. The van der Waals surface area contributed by atoms with Gasteiger partial charge in [-0.25, -0.2) is 4.98 Å². The molecule has 0 radical (unpaired) electrons. The zero-order valence-corrected chi connectivity index (χ0v) is 11.9. The van der Waals surface area contributed by atoms with Crippen LogP contribution in [0.1, 0.15) is 11.4 Å². The molecule has 0 saturated heterocycles. The Morgan fingerprint density at radius 2 is 1.95 bits per heavy atom. The molecule has 0 saturated carbocycles.